The summed E-state index contributed by atoms with van der Waals surface area (Å²) in [6.07, 6.45) is 1.07. The van der Waals surface area contributed by atoms with E-state index in [0.29, 0.717) is 23.6 Å². The molecule has 1 atom stereocenters. The second-order valence-electron chi connectivity index (χ2n) is 8.72. The van der Waals surface area contributed by atoms with E-state index in [2.05, 4.69) is 51.5 Å². The smallest absolute Gasteiger partial charge is 0.337 e. The van der Waals surface area contributed by atoms with Crippen LogP contribution in [-0.2, 0) is 4.79 Å². The van der Waals surface area contributed by atoms with Crippen LogP contribution in [-0.4, -0.2) is 48.1 Å². The lowest BCUT2D eigenvalue weighted by Gasteiger charge is -2.40. The maximum Gasteiger partial charge on any atom is 0.337 e. The van der Waals surface area contributed by atoms with Crippen LogP contribution in [0.3, 0.4) is 0 Å². The van der Waals surface area contributed by atoms with Gasteiger partial charge in [-0.05, 0) is 47.9 Å². The highest BCUT2D eigenvalue weighted by atomic mass is 35.5. The third-order valence-corrected chi connectivity index (χ3v) is 6.58. The van der Waals surface area contributed by atoms with Crippen molar-refractivity contribution in [3.05, 3.63) is 94.5 Å². The maximum absolute atomic E-state index is 12.0. The quantitative estimate of drug-likeness (QED) is 0.423. The van der Waals surface area contributed by atoms with E-state index in [4.69, 9.17) is 11.6 Å². The van der Waals surface area contributed by atoms with Crippen molar-refractivity contribution < 1.29 is 14.7 Å². The SMILES string of the molecule is CCCC(=O)Nc1ccc(N2CCN(C(c3ccccc3)c3ccc(Cl)cc3)CC2)cc1C(=O)O. The van der Waals surface area contributed by atoms with Crippen LogP contribution in [0.25, 0.3) is 0 Å². The Labute approximate surface area is 211 Å². The number of carboxylic acid groups (broad SMARTS) is 1. The van der Waals surface area contributed by atoms with Crippen molar-refractivity contribution >= 4 is 34.9 Å². The molecule has 1 amide bonds. The summed E-state index contributed by atoms with van der Waals surface area (Å²) in [4.78, 5) is 28.5. The highest BCUT2D eigenvalue weighted by Crippen LogP contribution is 2.32. The van der Waals surface area contributed by atoms with E-state index in [9.17, 15) is 14.7 Å². The summed E-state index contributed by atoms with van der Waals surface area (Å²) < 4.78 is 0. The van der Waals surface area contributed by atoms with E-state index >= 15 is 0 Å². The fraction of sp³-hybridized carbons (Fsp3) is 0.286. The van der Waals surface area contributed by atoms with E-state index in [-0.39, 0.29) is 17.5 Å². The molecule has 1 aliphatic heterocycles. The number of aromatic carboxylic acids is 1. The lowest BCUT2D eigenvalue weighted by Crippen LogP contribution is -2.48. The molecule has 2 N–H and O–H groups in total. The predicted molar refractivity (Wildman–Crippen MR) is 140 cm³/mol. The van der Waals surface area contributed by atoms with Crippen molar-refractivity contribution in [3.63, 3.8) is 0 Å². The van der Waals surface area contributed by atoms with Gasteiger partial charge in [-0.3, -0.25) is 9.69 Å². The minimum Gasteiger partial charge on any atom is -0.478 e. The molecule has 6 nitrogen and oxygen atoms in total. The van der Waals surface area contributed by atoms with Crippen LogP contribution in [0.2, 0.25) is 5.02 Å². The Morgan fingerprint density at radius 1 is 0.943 bits per heavy atom. The van der Waals surface area contributed by atoms with Crippen LogP contribution in [0.15, 0.2) is 72.8 Å². The zero-order valence-corrected chi connectivity index (χ0v) is 20.5. The van der Waals surface area contributed by atoms with Gasteiger partial charge in [0.05, 0.1) is 17.3 Å². The average Bonchev–Trinajstić information content (AvgIpc) is 2.87. The number of benzene rings is 3. The fourth-order valence-electron chi connectivity index (χ4n) is 4.59. The van der Waals surface area contributed by atoms with Gasteiger partial charge in [-0.25, -0.2) is 4.79 Å². The van der Waals surface area contributed by atoms with Gasteiger partial charge < -0.3 is 15.3 Å². The topological polar surface area (TPSA) is 72.9 Å². The summed E-state index contributed by atoms with van der Waals surface area (Å²) in [7, 11) is 0. The van der Waals surface area contributed by atoms with Gasteiger partial charge in [0.1, 0.15) is 0 Å². The number of piperazine rings is 1. The number of carboxylic acids is 1. The lowest BCUT2D eigenvalue weighted by molar-refractivity contribution is -0.116. The molecule has 3 aromatic rings. The molecule has 4 rings (SSSR count). The standard InChI is InChI=1S/C28H30ClN3O3/c1-2-6-26(33)30-25-14-13-23(19-24(25)28(34)35)31-15-17-32(18-16-31)27(20-7-4-3-5-8-20)21-9-11-22(29)12-10-21/h3-5,7-14,19,27H,2,6,15-18H2,1H3,(H,30,33)(H,34,35). The van der Waals surface area contributed by atoms with Gasteiger partial charge >= 0.3 is 5.97 Å². The first-order valence-corrected chi connectivity index (χ1v) is 12.3. The van der Waals surface area contributed by atoms with Crippen molar-refractivity contribution in [1.29, 1.82) is 0 Å². The number of carbonyl (C=O) groups is 2. The normalized spacial score (nSPS) is 15.0. The molecule has 0 saturated carbocycles. The van der Waals surface area contributed by atoms with Gasteiger partial charge in [-0.15, -0.1) is 0 Å². The fourth-order valence-corrected chi connectivity index (χ4v) is 4.71. The second kappa shape index (κ2) is 11.4. The molecule has 0 spiro atoms. The first-order chi connectivity index (χ1) is 17.0. The summed E-state index contributed by atoms with van der Waals surface area (Å²) in [5, 5.41) is 13.2. The van der Waals surface area contributed by atoms with E-state index < -0.39 is 5.97 Å². The highest BCUT2D eigenvalue weighted by Gasteiger charge is 2.27. The molecule has 7 heteroatoms. The maximum atomic E-state index is 12.0. The number of carbonyl (C=O) groups excluding carboxylic acids is 1. The molecule has 1 fully saturated rings. The monoisotopic (exact) mass is 491 g/mol. The second-order valence-corrected chi connectivity index (χ2v) is 9.16. The Bertz CT molecular complexity index is 1160. The van der Waals surface area contributed by atoms with E-state index in [0.717, 1.165) is 31.9 Å². The molecule has 1 aliphatic rings. The van der Waals surface area contributed by atoms with Crippen molar-refractivity contribution in [2.75, 3.05) is 36.4 Å². The van der Waals surface area contributed by atoms with Crippen molar-refractivity contribution in [2.45, 2.75) is 25.8 Å². The van der Waals surface area contributed by atoms with E-state index in [1.807, 2.05) is 31.2 Å². The first kappa shape index (κ1) is 24.8. The lowest BCUT2D eigenvalue weighted by atomic mass is 9.96. The third-order valence-electron chi connectivity index (χ3n) is 6.33. The molecule has 0 aliphatic carbocycles. The minimum absolute atomic E-state index is 0.109. The molecule has 35 heavy (non-hydrogen) atoms. The largest absolute Gasteiger partial charge is 0.478 e. The van der Waals surface area contributed by atoms with Crippen LogP contribution < -0.4 is 10.2 Å². The van der Waals surface area contributed by atoms with Crippen LogP contribution in [0, 0.1) is 0 Å². The summed E-state index contributed by atoms with van der Waals surface area (Å²) >= 11 is 6.14. The highest BCUT2D eigenvalue weighted by molar-refractivity contribution is 6.30. The van der Waals surface area contributed by atoms with Crippen LogP contribution in [0.1, 0.15) is 47.3 Å². The summed E-state index contributed by atoms with van der Waals surface area (Å²) in [5.41, 5.74) is 3.71. The Morgan fingerprint density at radius 2 is 1.60 bits per heavy atom. The van der Waals surface area contributed by atoms with Gasteiger partial charge in [0.15, 0.2) is 0 Å². The Hall–Kier alpha value is -3.35. The molecule has 1 heterocycles. The molecule has 1 unspecified atom stereocenters. The van der Waals surface area contributed by atoms with Gasteiger partial charge in [0, 0.05) is 43.3 Å². The number of hydrogen-bond acceptors (Lipinski definition) is 4. The zero-order valence-electron chi connectivity index (χ0n) is 19.8. The van der Waals surface area contributed by atoms with Crippen molar-refractivity contribution in [1.82, 2.24) is 4.90 Å². The van der Waals surface area contributed by atoms with Gasteiger partial charge in [0.25, 0.3) is 0 Å². The average molecular weight is 492 g/mol. The summed E-state index contributed by atoms with van der Waals surface area (Å²) in [6, 6.07) is 23.8. The molecule has 0 aromatic heterocycles. The number of amides is 1. The number of rotatable bonds is 8. The third kappa shape index (κ3) is 6.02. The Morgan fingerprint density at radius 3 is 2.23 bits per heavy atom. The molecule has 182 valence electrons. The molecule has 1 saturated heterocycles. The first-order valence-electron chi connectivity index (χ1n) is 11.9. The number of halogens is 1. The predicted octanol–water partition coefficient (Wildman–Crippen LogP) is 5.69. The van der Waals surface area contributed by atoms with Gasteiger partial charge in [-0.2, -0.15) is 0 Å². The summed E-state index contributed by atoms with van der Waals surface area (Å²) in [6.45, 7) is 5.07. The van der Waals surface area contributed by atoms with Gasteiger partial charge in [0.2, 0.25) is 5.91 Å². The van der Waals surface area contributed by atoms with Crippen LogP contribution in [0.5, 0.6) is 0 Å². The number of hydrogen-bond donors (Lipinski definition) is 2. The van der Waals surface area contributed by atoms with Crippen LogP contribution in [0.4, 0.5) is 11.4 Å². The molecule has 0 radical (unpaired) electrons. The van der Waals surface area contributed by atoms with Crippen molar-refractivity contribution in [3.8, 4) is 0 Å². The number of anilines is 2. The van der Waals surface area contributed by atoms with Gasteiger partial charge in [-0.1, -0.05) is 61.0 Å². The zero-order chi connectivity index (χ0) is 24.8. The summed E-state index contributed by atoms with van der Waals surface area (Å²) in [5.74, 6) is -1.23. The Balaban J connectivity index is 1.52. The Kier molecular flexibility index (Phi) is 8.06. The number of nitrogens with one attached hydrogen (secondary N) is 1. The van der Waals surface area contributed by atoms with E-state index in [1.165, 1.54) is 11.1 Å². The van der Waals surface area contributed by atoms with Crippen LogP contribution >= 0.6 is 11.6 Å². The van der Waals surface area contributed by atoms with E-state index in [1.54, 1.807) is 12.1 Å². The molecular weight excluding hydrogens is 462 g/mol. The minimum atomic E-state index is -1.05. The molecule has 0 bridgehead atoms. The number of nitrogens with zero attached hydrogens (tertiary/aromatic N) is 2. The van der Waals surface area contributed by atoms with Crippen molar-refractivity contribution in [2.24, 2.45) is 0 Å². The molecule has 3 aromatic carbocycles. The molecular formula is C28H30ClN3O3.